The highest BCUT2D eigenvalue weighted by Gasteiger charge is 2.17. The van der Waals surface area contributed by atoms with E-state index >= 15 is 0 Å². The van der Waals surface area contributed by atoms with Crippen molar-refractivity contribution in [2.45, 2.75) is 31.2 Å². The minimum Gasteiger partial charge on any atom is -0.349 e. The van der Waals surface area contributed by atoms with Crippen LogP contribution in [-0.4, -0.2) is 32.5 Å². The van der Waals surface area contributed by atoms with Crippen LogP contribution in [0.4, 0.5) is 0 Å². The lowest BCUT2D eigenvalue weighted by Gasteiger charge is -2.21. The number of benzene rings is 1. The number of hydrogen-bond acceptors (Lipinski definition) is 3. The topological polar surface area (TPSA) is 63.2 Å². The largest absolute Gasteiger partial charge is 0.349 e. The van der Waals surface area contributed by atoms with Gasteiger partial charge in [0, 0.05) is 23.7 Å². The third kappa shape index (κ3) is 4.80. The van der Waals surface area contributed by atoms with Gasteiger partial charge in [-0.3, -0.25) is 4.79 Å². The number of hydrogen-bond donors (Lipinski definition) is 1. The lowest BCUT2D eigenvalue weighted by atomic mass is 10.0. The number of amides is 1. The number of halogens is 1. The van der Waals surface area contributed by atoms with Gasteiger partial charge in [0.1, 0.15) is 0 Å². The van der Waals surface area contributed by atoms with Crippen molar-refractivity contribution in [2.75, 3.05) is 12.1 Å². The molecule has 4 nitrogen and oxygen atoms in total. The molecule has 20 heavy (non-hydrogen) atoms. The third-order valence-electron chi connectivity index (χ3n) is 3.07. The predicted molar refractivity (Wildman–Crippen MR) is 81.0 cm³/mol. The van der Waals surface area contributed by atoms with E-state index in [9.17, 15) is 13.2 Å². The van der Waals surface area contributed by atoms with Crippen molar-refractivity contribution in [3.05, 3.63) is 29.8 Å². The van der Waals surface area contributed by atoms with Crippen LogP contribution >= 0.6 is 11.6 Å². The second-order valence-electron chi connectivity index (χ2n) is 5.10. The first-order chi connectivity index (χ1) is 9.25. The molecule has 0 aromatic heterocycles. The second kappa shape index (κ2) is 7.09. The van der Waals surface area contributed by atoms with Gasteiger partial charge in [0.15, 0.2) is 9.84 Å². The molecule has 0 aliphatic heterocycles. The molecular formula is C14H20ClNO3S. The average Bonchev–Trinajstić information content (AvgIpc) is 2.37. The van der Waals surface area contributed by atoms with Crippen LogP contribution in [-0.2, 0) is 9.84 Å². The Kier molecular flexibility index (Phi) is 6.02. The van der Waals surface area contributed by atoms with Crippen molar-refractivity contribution in [1.82, 2.24) is 5.32 Å². The summed E-state index contributed by atoms with van der Waals surface area (Å²) >= 11 is 5.72. The lowest BCUT2D eigenvalue weighted by Crippen LogP contribution is -2.38. The number of nitrogens with one attached hydrogen (secondary N) is 1. The molecule has 0 aliphatic rings. The fourth-order valence-corrected chi connectivity index (χ4v) is 2.71. The maximum atomic E-state index is 12.2. The highest BCUT2D eigenvalue weighted by molar-refractivity contribution is 7.90. The van der Waals surface area contributed by atoms with Crippen LogP contribution in [0.15, 0.2) is 29.2 Å². The van der Waals surface area contributed by atoms with Crippen LogP contribution in [0.5, 0.6) is 0 Å². The van der Waals surface area contributed by atoms with Crippen molar-refractivity contribution in [2.24, 2.45) is 5.92 Å². The summed E-state index contributed by atoms with van der Waals surface area (Å²) < 4.78 is 23.0. The summed E-state index contributed by atoms with van der Waals surface area (Å²) in [5.41, 5.74) is 0.341. The Morgan fingerprint density at radius 1 is 1.35 bits per heavy atom. The molecule has 1 aromatic carbocycles. The van der Waals surface area contributed by atoms with Gasteiger partial charge in [0.05, 0.1) is 4.90 Å². The molecule has 0 fully saturated rings. The van der Waals surface area contributed by atoms with Gasteiger partial charge in [0.2, 0.25) is 0 Å². The molecule has 1 unspecified atom stereocenters. The molecule has 1 amide bonds. The van der Waals surface area contributed by atoms with Crippen LogP contribution in [0.1, 0.15) is 30.6 Å². The van der Waals surface area contributed by atoms with Crippen LogP contribution in [0.3, 0.4) is 0 Å². The molecule has 1 atom stereocenters. The molecule has 0 spiro atoms. The highest BCUT2D eigenvalue weighted by Crippen LogP contribution is 2.13. The zero-order chi connectivity index (χ0) is 15.3. The number of carbonyl (C=O) groups is 1. The van der Waals surface area contributed by atoms with Gasteiger partial charge >= 0.3 is 0 Å². The van der Waals surface area contributed by atoms with Crippen molar-refractivity contribution >= 4 is 27.3 Å². The van der Waals surface area contributed by atoms with Gasteiger partial charge in [-0.1, -0.05) is 19.9 Å². The van der Waals surface area contributed by atoms with E-state index in [1.54, 1.807) is 12.1 Å². The van der Waals surface area contributed by atoms with E-state index in [-0.39, 0.29) is 22.8 Å². The predicted octanol–water partition coefficient (Wildman–Crippen LogP) is 2.47. The third-order valence-corrected chi connectivity index (χ3v) is 4.39. The molecule has 0 saturated heterocycles. The number of sulfone groups is 1. The summed E-state index contributed by atoms with van der Waals surface area (Å²) in [4.78, 5) is 12.3. The lowest BCUT2D eigenvalue weighted by molar-refractivity contribution is 0.0924. The van der Waals surface area contributed by atoms with Crippen molar-refractivity contribution in [1.29, 1.82) is 0 Å². The zero-order valence-electron chi connectivity index (χ0n) is 11.9. The summed E-state index contributed by atoms with van der Waals surface area (Å²) in [6.45, 7) is 4.01. The van der Waals surface area contributed by atoms with Gasteiger partial charge in [0.25, 0.3) is 5.91 Å². The van der Waals surface area contributed by atoms with Crippen LogP contribution in [0.25, 0.3) is 0 Å². The molecule has 0 bridgehead atoms. The molecule has 112 valence electrons. The monoisotopic (exact) mass is 317 g/mol. The quantitative estimate of drug-likeness (QED) is 0.820. The number of carbonyl (C=O) groups excluding carboxylic acids is 1. The maximum absolute atomic E-state index is 12.2. The van der Waals surface area contributed by atoms with Crippen molar-refractivity contribution in [3.8, 4) is 0 Å². The molecule has 1 aromatic rings. The van der Waals surface area contributed by atoms with E-state index in [0.29, 0.717) is 17.9 Å². The van der Waals surface area contributed by atoms with E-state index in [2.05, 4.69) is 5.32 Å². The van der Waals surface area contributed by atoms with Gasteiger partial charge in [-0.2, -0.15) is 0 Å². The van der Waals surface area contributed by atoms with Crippen LogP contribution < -0.4 is 5.32 Å². The van der Waals surface area contributed by atoms with E-state index in [1.807, 2.05) is 13.8 Å². The van der Waals surface area contributed by atoms with Gasteiger partial charge in [-0.05, 0) is 30.5 Å². The molecule has 6 heteroatoms. The molecule has 1 N–H and O–H groups in total. The van der Waals surface area contributed by atoms with E-state index < -0.39 is 9.84 Å². The Labute approximate surface area is 125 Å². The van der Waals surface area contributed by atoms with E-state index in [1.165, 1.54) is 12.1 Å². The Morgan fingerprint density at radius 2 is 2.00 bits per heavy atom. The second-order valence-corrected chi connectivity index (χ2v) is 7.50. The normalized spacial score (nSPS) is 13.2. The smallest absolute Gasteiger partial charge is 0.251 e. The van der Waals surface area contributed by atoms with Crippen LogP contribution in [0.2, 0.25) is 0 Å². The Balaban J connectivity index is 2.92. The van der Waals surface area contributed by atoms with Gasteiger partial charge < -0.3 is 5.32 Å². The Bertz CT molecular complexity index is 570. The summed E-state index contributed by atoms with van der Waals surface area (Å²) in [6, 6.07) is 6.01. The van der Waals surface area contributed by atoms with E-state index in [4.69, 9.17) is 11.6 Å². The molecule has 0 heterocycles. The zero-order valence-corrected chi connectivity index (χ0v) is 13.5. The SMILES string of the molecule is CC(C)C(CCCl)NC(=O)c1cccc(S(C)(=O)=O)c1. The highest BCUT2D eigenvalue weighted by atomic mass is 35.5. The van der Waals surface area contributed by atoms with Crippen LogP contribution in [0, 0.1) is 5.92 Å². The first kappa shape index (κ1) is 17.0. The van der Waals surface area contributed by atoms with E-state index in [0.717, 1.165) is 6.26 Å². The first-order valence-electron chi connectivity index (χ1n) is 6.42. The Hall–Kier alpha value is -1.07. The summed E-state index contributed by atoms with van der Waals surface area (Å²) in [6.07, 6.45) is 1.80. The number of rotatable bonds is 6. The molecule has 0 saturated carbocycles. The first-order valence-corrected chi connectivity index (χ1v) is 8.85. The fraction of sp³-hybridized carbons (Fsp3) is 0.500. The average molecular weight is 318 g/mol. The summed E-state index contributed by atoms with van der Waals surface area (Å²) in [5.74, 6) is 0.446. The minimum absolute atomic E-state index is 0.0260. The van der Waals surface area contributed by atoms with Crippen molar-refractivity contribution < 1.29 is 13.2 Å². The summed E-state index contributed by atoms with van der Waals surface area (Å²) in [7, 11) is -3.31. The summed E-state index contributed by atoms with van der Waals surface area (Å²) in [5, 5.41) is 2.89. The molecular weight excluding hydrogens is 298 g/mol. The fourth-order valence-electron chi connectivity index (χ4n) is 1.81. The molecule has 0 aliphatic carbocycles. The number of alkyl halides is 1. The maximum Gasteiger partial charge on any atom is 0.251 e. The van der Waals surface area contributed by atoms with Crippen molar-refractivity contribution in [3.63, 3.8) is 0 Å². The Morgan fingerprint density at radius 3 is 2.50 bits per heavy atom. The minimum atomic E-state index is -3.31. The van der Waals surface area contributed by atoms with Gasteiger partial charge in [-0.15, -0.1) is 11.6 Å². The van der Waals surface area contributed by atoms with Gasteiger partial charge in [-0.25, -0.2) is 8.42 Å². The molecule has 0 radical (unpaired) electrons. The standard InChI is InChI=1S/C14H20ClNO3S/c1-10(2)13(7-8-15)16-14(17)11-5-4-6-12(9-11)20(3,18)19/h4-6,9-10,13H,7-8H2,1-3H3,(H,16,17). The molecule has 1 rings (SSSR count).